The van der Waals surface area contributed by atoms with Crippen LogP contribution in [-0.4, -0.2) is 73.7 Å². The van der Waals surface area contributed by atoms with Crippen molar-refractivity contribution in [1.82, 2.24) is 14.8 Å². The number of amides is 1. The van der Waals surface area contributed by atoms with Gasteiger partial charge in [-0.25, -0.2) is 9.37 Å². The smallest absolute Gasteiger partial charge is 0.275 e. The van der Waals surface area contributed by atoms with Gasteiger partial charge in [0, 0.05) is 45.2 Å². The van der Waals surface area contributed by atoms with E-state index in [0.717, 1.165) is 26.2 Å². The Hall–Kier alpha value is -2.45. The third-order valence-electron chi connectivity index (χ3n) is 5.56. The number of rotatable bonds is 6. The predicted molar refractivity (Wildman–Crippen MR) is 106 cm³/mol. The Morgan fingerprint density at radius 1 is 1.24 bits per heavy atom. The fourth-order valence-electron chi connectivity index (χ4n) is 3.91. The molecule has 7 nitrogen and oxygen atoms in total. The number of oxazole rings is 1. The SMILES string of the molecule is CN(CC1(C)COC1)C(=O)c1coc(CN2CCN(c3ccccc3F)CC2)n1. The number of carbonyl (C=O) groups is 1. The Balaban J connectivity index is 1.29. The fraction of sp³-hybridized carbons (Fsp3) is 0.524. The van der Waals surface area contributed by atoms with Crippen LogP contribution in [0.3, 0.4) is 0 Å². The number of para-hydroxylation sites is 1. The molecule has 0 saturated carbocycles. The van der Waals surface area contributed by atoms with E-state index < -0.39 is 0 Å². The number of piperazine rings is 1. The average molecular weight is 402 g/mol. The van der Waals surface area contributed by atoms with Gasteiger partial charge in [0.05, 0.1) is 25.4 Å². The highest BCUT2D eigenvalue weighted by Crippen LogP contribution is 2.27. The maximum absolute atomic E-state index is 14.0. The molecule has 2 aliphatic rings. The van der Waals surface area contributed by atoms with Gasteiger partial charge in [0.1, 0.15) is 12.1 Å². The van der Waals surface area contributed by atoms with Crippen LogP contribution in [0.1, 0.15) is 23.3 Å². The minimum Gasteiger partial charge on any atom is -0.447 e. The number of benzene rings is 1. The van der Waals surface area contributed by atoms with Crippen LogP contribution in [0.25, 0.3) is 0 Å². The maximum atomic E-state index is 14.0. The summed E-state index contributed by atoms with van der Waals surface area (Å²) in [4.78, 5) is 22.9. The van der Waals surface area contributed by atoms with E-state index in [1.807, 2.05) is 12.1 Å². The third-order valence-corrected chi connectivity index (χ3v) is 5.56. The molecule has 0 bridgehead atoms. The number of carbonyl (C=O) groups excluding carboxylic acids is 1. The molecule has 2 saturated heterocycles. The monoisotopic (exact) mass is 402 g/mol. The molecule has 29 heavy (non-hydrogen) atoms. The van der Waals surface area contributed by atoms with Gasteiger partial charge in [0.2, 0.25) is 5.89 Å². The van der Waals surface area contributed by atoms with E-state index in [-0.39, 0.29) is 17.1 Å². The quantitative estimate of drug-likeness (QED) is 0.739. The molecule has 2 fully saturated rings. The third kappa shape index (κ3) is 4.43. The van der Waals surface area contributed by atoms with Gasteiger partial charge >= 0.3 is 0 Å². The van der Waals surface area contributed by atoms with Crippen molar-refractivity contribution < 1.29 is 18.3 Å². The Morgan fingerprint density at radius 3 is 2.62 bits per heavy atom. The molecule has 4 rings (SSSR count). The minimum absolute atomic E-state index is 0.0227. The molecule has 2 aromatic rings. The molecule has 0 atom stereocenters. The lowest BCUT2D eigenvalue weighted by atomic mass is 9.88. The Bertz CT molecular complexity index is 859. The summed E-state index contributed by atoms with van der Waals surface area (Å²) in [6.07, 6.45) is 1.43. The van der Waals surface area contributed by atoms with Crippen molar-refractivity contribution in [2.45, 2.75) is 13.5 Å². The van der Waals surface area contributed by atoms with E-state index in [1.165, 1.54) is 12.3 Å². The number of nitrogens with zero attached hydrogens (tertiary/aromatic N) is 4. The van der Waals surface area contributed by atoms with Crippen LogP contribution in [0.4, 0.5) is 10.1 Å². The van der Waals surface area contributed by atoms with Gasteiger partial charge in [-0.1, -0.05) is 19.1 Å². The minimum atomic E-state index is -0.191. The van der Waals surface area contributed by atoms with E-state index in [4.69, 9.17) is 9.15 Å². The summed E-state index contributed by atoms with van der Waals surface area (Å²) in [5.74, 6) is 0.194. The Morgan fingerprint density at radius 2 is 1.97 bits per heavy atom. The number of aromatic nitrogens is 1. The van der Waals surface area contributed by atoms with E-state index in [0.29, 0.717) is 43.6 Å². The summed E-state index contributed by atoms with van der Waals surface area (Å²) in [7, 11) is 1.78. The first-order valence-electron chi connectivity index (χ1n) is 9.93. The molecule has 156 valence electrons. The van der Waals surface area contributed by atoms with Crippen LogP contribution in [0.5, 0.6) is 0 Å². The van der Waals surface area contributed by atoms with Gasteiger partial charge in [-0.2, -0.15) is 0 Å². The lowest BCUT2D eigenvalue weighted by molar-refractivity contribution is -0.109. The molecule has 0 N–H and O–H groups in total. The number of hydrogen-bond acceptors (Lipinski definition) is 6. The highest BCUT2D eigenvalue weighted by Gasteiger charge is 2.36. The zero-order chi connectivity index (χ0) is 20.4. The molecule has 0 aliphatic carbocycles. The van der Waals surface area contributed by atoms with Crippen molar-refractivity contribution in [3.05, 3.63) is 47.9 Å². The number of halogens is 1. The Kier molecular flexibility index (Phi) is 5.56. The first kappa shape index (κ1) is 19.8. The number of anilines is 1. The maximum Gasteiger partial charge on any atom is 0.275 e. The first-order chi connectivity index (χ1) is 13.9. The molecular weight excluding hydrogens is 375 g/mol. The van der Waals surface area contributed by atoms with Crippen LogP contribution in [-0.2, 0) is 11.3 Å². The summed E-state index contributed by atoms with van der Waals surface area (Å²) in [5.41, 5.74) is 0.996. The van der Waals surface area contributed by atoms with Gasteiger partial charge in [0.25, 0.3) is 5.91 Å². The molecule has 0 radical (unpaired) electrons. The first-order valence-corrected chi connectivity index (χ1v) is 9.93. The van der Waals surface area contributed by atoms with Crippen molar-refractivity contribution in [3.8, 4) is 0 Å². The van der Waals surface area contributed by atoms with Gasteiger partial charge < -0.3 is 19.0 Å². The van der Waals surface area contributed by atoms with Crippen LogP contribution >= 0.6 is 0 Å². The summed E-state index contributed by atoms with van der Waals surface area (Å²) >= 11 is 0. The summed E-state index contributed by atoms with van der Waals surface area (Å²) in [6, 6.07) is 6.85. The van der Waals surface area contributed by atoms with E-state index in [9.17, 15) is 9.18 Å². The van der Waals surface area contributed by atoms with Crippen LogP contribution < -0.4 is 4.90 Å². The molecule has 8 heteroatoms. The highest BCUT2D eigenvalue weighted by molar-refractivity contribution is 5.91. The van der Waals surface area contributed by atoms with Gasteiger partial charge in [0.15, 0.2) is 5.69 Å². The summed E-state index contributed by atoms with van der Waals surface area (Å²) in [6.45, 7) is 7.64. The lowest BCUT2D eigenvalue weighted by Gasteiger charge is -2.40. The van der Waals surface area contributed by atoms with Crippen molar-refractivity contribution in [2.24, 2.45) is 5.41 Å². The molecule has 0 unspecified atom stereocenters. The fourth-order valence-corrected chi connectivity index (χ4v) is 3.91. The van der Waals surface area contributed by atoms with E-state index in [1.54, 1.807) is 18.0 Å². The Labute approximate surface area is 170 Å². The van der Waals surface area contributed by atoms with Crippen LogP contribution in [0.2, 0.25) is 0 Å². The topological polar surface area (TPSA) is 62.1 Å². The molecule has 3 heterocycles. The largest absolute Gasteiger partial charge is 0.447 e. The molecule has 1 aromatic carbocycles. The molecule has 1 aromatic heterocycles. The second kappa shape index (κ2) is 8.12. The normalized spacial score (nSPS) is 19.1. The molecule has 2 aliphatic heterocycles. The lowest BCUT2D eigenvalue weighted by Crippen LogP contribution is -2.49. The zero-order valence-corrected chi connectivity index (χ0v) is 16.9. The molecule has 1 amide bonds. The summed E-state index contributed by atoms with van der Waals surface area (Å²) < 4.78 is 24.8. The molecular formula is C21H27FN4O3. The van der Waals surface area contributed by atoms with Crippen LogP contribution in [0.15, 0.2) is 34.9 Å². The average Bonchev–Trinajstić information content (AvgIpc) is 3.15. The number of ether oxygens (including phenoxy) is 1. The molecule has 0 spiro atoms. The second-order valence-corrected chi connectivity index (χ2v) is 8.31. The summed E-state index contributed by atoms with van der Waals surface area (Å²) in [5, 5.41) is 0. The van der Waals surface area contributed by atoms with E-state index in [2.05, 4.69) is 21.7 Å². The highest BCUT2D eigenvalue weighted by atomic mass is 19.1. The van der Waals surface area contributed by atoms with Gasteiger partial charge in [-0.3, -0.25) is 9.69 Å². The van der Waals surface area contributed by atoms with E-state index >= 15 is 0 Å². The van der Waals surface area contributed by atoms with Crippen molar-refractivity contribution in [3.63, 3.8) is 0 Å². The van der Waals surface area contributed by atoms with Crippen molar-refractivity contribution in [1.29, 1.82) is 0 Å². The zero-order valence-electron chi connectivity index (χ0n) is 16.9. The number of hydrogen-bond donors (Lipinski definition) is 0. The standard InChI is InChI=1S/C21H27FN4O3/c1-21(14-28-15-21)13-24(2)20(27)17-12-29-19(23-17)11-25-7-9-26(10-8-25)18-6-4-3-5-16(18)22/h3-6,12H,7-11,13-15H2,1-2H3. The van der Waals surface area contributed by atoms with Crippen LogP contribution in [0, 0.1) is 11.2 Å². The van der Waals surface area contributed by atoms with Gasteiger partial charge in [-0.15, -0.1) is 0 Å². The second-order valence-electron chi connectivity index (χ2n) is 8.31. The predicted octanol–water partition coefficient (Wildman–Crippen LogP) is 2.24. The van der Waals surface area contributed by atoms with Gasteiger partial charge in [-0.05, 0) is 12.1 Å². The van der Waals surface area contributed by atoms with Crippen molar-refractivity contribution in [2.75, 3.05) is 57.9 Å². The van der Waals surface area contributed by atoms with Crippen molar-refractivity contribution >= 4 is 11.6 Å².